The second-order valence-corrected chi connectivity index (χ2v) is 12.3. The molecule has 0 amide bonds. The summed E-state index contributed by atoms with van der Waals surface area (Å²) in [5, 5.41) is 0. The van der Waals surface area contributed by atoms with E-state index < -0.39 is 23.2 Å². The molecule has 0 nitrogen and oxygen atoms in total. The van der Waals surface area contributed by atoms with E-state index in [2.05, 4.69) is 24.3 Å². The Morgan fingerprint density at radius 1 is 0.640 bits per heavy atom. The van der Waals surface area contributed by atoms with Gasteiger partial charge in [-0.15, -0.1) is 0 Å². The summed E-state index contributed by atoms with van der Waals surface area (Å²) in [5.74, 6) is 2.00. The SMILES string of the molecule is C1=CC(CC2CCCCC2)=[C]([Zr][C]2=C(CC3CCCCC3)C=CC2)C1. The van der Waals surface area contributed by atoms with Crippen molar-refractivity contribution in [1.29, 1.82) is 0 Å². The summed E-state index contributed by atoms with van der Waals surface area (Å²) in [7, 11) is 0. The summed E-state index contributed by atoms with van der Waals surface area (Å²) in [6.07, 6.45) is 30.2. The molecule has 0 aromatic carbocycles. The van der Waals surface area contributed by atoms with Crippen LogP contribution >= 0.6 is 0 Å². The van der Waals surface area contributed by atoms with Gasteiger partial charge in [0, 0.05) is 0 Å². The first-order valence-electron chi connectivity index (χ1n) is 10.9. The van der Waals surface area contributed by atoms with Crippen LogP contribution in [0.3, 0.4) is 0 Å². The van der Waals surface area contributed by atoms with Gasteiger partial charge in [-0.3, -0.25) is 0 Å². The molecular weight excluding hydrogens is 379 g/mol. The minimum absolute atomic E-state index is 0.516. The van der Waals surface area contributed by atoms with Gasteiger partial charge in [0.1, 0.15) is 0 Å². The first-order chi connectivity index (χ1) is 12.4. The van der Waals surface area contributed by atoms with Gasteiger partial charge < -0.3 is 0 Å². The van der Waals surface area contributed by atoms with Crippen molar-refractivity contribution in [2.75, 3.05) is 0 Å². The molecule has 0 aromatic rings. The number of hydrogen-bond acceptors (Lipinski definition) is 0. The third-order valence-electron chi connectivity index (χ3n) is 6.83. The van der Waals surface area contributed by atoms with Crippen LogP contribution in [-0.2, 0) is 23.2 Å². The molecule has 4 rings (SSSR count). The van der Waals surface area contributed by atoms with E-state index in [1.54, 1.807) is 11.1 Å². The molecular formula is C24H34Zr. The van der Waals surface area contributed by atoms with Crippen LogP contribution in [0.15, 0.2) is 42.0 Å². The van der Waals surface area contributed by atoms with E-state index in [4.69, 9.17) is 0 Å². The molecule has 0 heterocycles. The summed E-state index contributed by atoms with van der Waals surface area (Å²) in [6.45, 7) is 0. The fraction of sp³-hybridized carbons (Fsp3) is 0.667. The average molecular weight is 414 g/mol. The summed E-state index contributed by atoms with van der Waals surface area (Å²) < 4.78 is 3.85. The minimum atomic E-state index is -0.516. The Kier molecular flexibility index (Phi) is 6.68. The van der Waals surface area contributed by atoms with Crippen molar-refractivity contribution >= 4 is 0 Å². The zero-order valence-corrected chi connectivity index (χ0v) is 18.3. The molecule has 0 aromatic heterocycles. The Hall–Kier alpha value is -0.157. The first-order valence-corrected chi connectivity index (χ1v) is 13.4. The second kappa shape index (κ2) is 9.17. The Morgan fingerprint density at radius 3 is 1.52 bits per heavy atom. The van der Waals surface area contributed by atoms with Gasteiger partial charge in [0.15, 0.2) is 0 Å². The van der Waals surface area contributed by atoms with E-state index in [0.717, 1.165) is 11.8 Å². The van der Waals surface area contributed by atoms with Gasteiger partial charge in [0.25, 0.3) is 0 Å². The third-order valence-corrected chi connectivity index (χ3v) is 10.9. The summed E-state index contributed by atoms with van der Waals surface area (Å²) in [4.78, 5) is 0. The maximum absolute atomic E-state index is 2.51. The summed E-state index contributed by atoms with van der Waals surface area (Å²) in [5.41, 5.74) is 3.57. The normalized spacial score (nSPS) is 25.4. The molecule has 0 saturated heterocycles. The molecule has 0 radical (unpaired) electrons. The predicted octanol–water partition coefficient (Wildman–Crippen LogP) is 7.44. The molecule has 2 saturated carbocycles. The van der Waals surface area contributed by atoms with Crippen LogP contribution in [0.4, 0.5) is 0 Å². The van der Waals surface area contributed by atoms with Crippen molar-refractivity contribution in [2.24, 2.45) is 11.8 Å². The molecule has 25 heavy (non-hydrogen) atoms. The monoisotopic (exact) mass is 412 g/mol. The van der Waals surface area contributed by atoms with Crippen LogP contribution in [0, 0.1) is 11.8 Å². The van der Waals surface area contributed by atoms with E-state index in [1.165, 1.54) is 89.9 Å². The standard InChI is InChI=1S/2C12H17.Zr/c2*1-2-6-11(7-3-1)10-12-8-4-5-9-12;/h2*4,8,11H,1-3,5-7,10H2;. The molecule has 0 aliphatic heterocycles. The van der Waals surface area contributed by atoms with E-state index >= 15 is 0 Å². The van der Waals surface area contributed by atoms with Crippen molar-refractivity contribution in [3.05, 3.63) is 42.0 Å². The number of rotatable bonds is 6. The van der Waals surface area contributed by atoms with Crippen molar-refractivity contribution in [3.63, 3.8) is 0 Å². The second-order valence-electron chi connectivity index (χ2n) is 8.76. The van der Waals surface area contributed by atoms with Crippen molar-refractivity contribution in [2.45, 2.75) is 89.9 Å². The van der Waals surface area contributed by atoms with Crippen LogP contribution in [0.1, 0.15) is 89.9 Å². The Morgan fingerprint density at radius 2 is 1.08 bits per heavy atom. The molecule has 0 spiro atoms. The topological polar surface area (TPSA) is 0 Å². The molecule has 4 aliphatic rings. The number of hydrogen-bond donors (Lipinski definition) is 0. The number of allylic oxidation sites excluding steroid dienone is 8. The van der Waals surface area contributed by atoms with Crippen LogP contribution in [0.2, 0.25) is 0 Å². The Labute approximate surface area is 166 Å². The molecule has 2 fully saturated rings. The average Bonchev–Trinajstić information content (AvgIpc) is 3.27. The quantitative estimate of drug-likeness (QED) is 0.424. The van der Waals surface area contributed by atoms with Gasteiger partial charge in [-0.25, -0.2) is 0 Å². The molecule has 0 N–H and O–H groups in total. The van der Waals surface area contributed by atoms with Gasteiger partial charge in [0.2, 0.25) is 0 Å². The van der Waals surface area contributed by atoms with E-state index in [1.807, 2.05) is 6.56 Å². The van der Waals surface area contributed by atoms with E-state index in [9.17, 15) is 0 Å². The molecule has 4 aliphatic carbocycles. The third kappa shape index (κ3) is 4.97. The van der Waals surface area contributed by atoms with Gasteiger partial charge in [-0.1, -0.05) is 0 Å². The summed E-state index contributed by atoms with van der Waals surface area (Å²) >= 11 is -0.516. The van der Waals surface area contributed by atoms with Crippen LogP contribution < -0.4 is 0 Å². The Bertz CT molecular complexity index is 525. The van der Waals surface area contributed by atoms with Gasteiger partial charge in [-0.2, -0.15) is 0 Å². The predicted molar refractivity (Wildman–Crippen MR) is 104 cm³/mol. The van der Waals surface area contributed by atoms with Crippen LogP contribution in [0.25, 0.3) is 0 Å². The molecule has 1 heteroatoms. The first kappa shape index (κ1) is 18.2. The van der Waals surface area contributed by atoms with E-state index in [0.29, 0.717) is 0 Å². The Balaban J connectivity index is 1.40. The molecule has 0 bridgehead atoms. The molecule has 0 atom stereocenters. The zero-order chi connectivity index (χ0) is 16.9. The van der Waals surface area contributed by atoms with Gasteiger partial charge in [-0.05, 0) is 0 Å². The molecule has 134 valence electrons. The van der Waals surface area contributed by atoms with Gasteiger partial charge in [0.05, 0.1) is 0 Å². The molecule has 0 unspecified atom stereocenters. The van der Waals surface area contributed by atoms with E-state index in [-0.39, 0.29) is 0 Å². The summed E-state index contributed by atoms with van der Waals surface area (Å²) in [6, 6.07) is 0. The van der Waals surface area contributed by atoms with Crippen LogP contribution in [0.5, 0.6) is 0 Å². The van der Waals surface area contributed by atoms with Crippen molar-refractivity contribution < 1.29 is 23.2 Å². The van der Waals surface area contributed by atoms with Crippen molar-refractivity contribution in [1.82, 2.24) is 0 Å². The fourth-order valence-electron chi connectivity index (χ4n) is 5.33. The van der Waals surface area contributed by atoms with Crippen molar-refractivity contribution in [3.8, 4) is 0 Å². The zero-order valence-electron chi connectivity index (χ0n) is 15.9. The van der Waals surface area contributed by atoms with Gasteiger partial charge >= 0.3 is 167 Å². The van der Waals surface area contributed by atoms with Crippen LogP contribution in [-0.4, -0.2) is 0 Å². The fourth-order valence-corrected chi connectivity index (χ4v) is 9.01. The maximum atomic E-state index is 2.51.